The molecule has 2 aliphatic rings. The number of nitrogens with one attached hydrogen (secondary N) is 1. The van der Waals surface area contributed by atoms with Crippen molar-refractivity contribution < 1.29 is 9.59 Å². The maximum atomic E-state index is 12.4. The normalized spacial score (nSPS) is 22.0. The van der Waals surface area contributed by atoms with Crippen LogP contribution in [0.15, 0.2) is 24.3 Å². The number of hydrogen-bond donors (Lipinski definition) is 1. The summed E-state index contributed by atoms with van der Waals surface area (Å²) in [5, 5.41) is 3.10. The molecule has 0 unspecified atom stereocenters. The van der Waals surface area contributed by atoms with Crippen LogP contribution in [0.2, 0.25) is 0 Å². The zero-order valence-corrected chi connectivity index (χ0v) is 14.5. The van der Waals surface area contributed by atoms with Crippen molar-refractivity contribution in [1.82, 2.24) is 15.1 Å². The van der Waals surface area contributed by atoms with E-state index >= 15 is 0 Å². The first-order chi connectivity index (χ1) is 11.6. The summed E-state index contributed by atoms with van der Waals surface area (Å²) < 4.78 is 0. The summed E-state index contributed by atoms with van der Waals surface area (Å²) in [6.07, 6.45) is 3.67. The third-order valence-electron chi connectivity index (χ3n) is 5.10. The minimum atomic E-state index is 0.0936. The van der Waals surface area contributed by atoms with E-state index in [1.54, 1.807) is 0 Å². The van der Waals surface area contributed by atoms with Gasteiger partial charge in [-0.05, 0) is 44.0 Å². The van der Waals surface area contributed by atoms with E-state index in [4.69, 9.17) is 0 Å². The van der Waals surface area contributed by atoms with Crippen molar-refractivity contribution in [2.75, 3.05) is 26.7 Å². The molecule has 2 heterocycles. The van der Waals surface area contributed by atoms with E-state index in [-0.39, 0.29) is 17.7 Å². The first kappa shape index (κ1) is 17.0. The molecule has 1 aromatic rings. The first-order valence-corrected chi connectivity index (χ1v) is 8.94. The maximum absolute atomic E-state index is 12.4. The molecule has 24 heavy (non-hydrogen) atoms. The number of likely N-dealkylation sites (tertiary alicyclic amines) is 2. The molecule has 1 aromatic carbocycles. The molecule has 0 bridgehead atoms. The van der Waals surface area contributed by atoms with Gasteiger partial charge in [0.05, 0.1) is 5.92 Å². The van der Waals surface area contributed by atoms with Crippen LogP contribution in [0.5, 0.6) is 0 Å². The Morgan fingerprint density at radius 3 is 2.71 bits per heavy atom. The Morgan fingerprint density at radius 2 is 2.00 bits per heavy atom. The van der Waals surface area contributed by atoms with Crippen molar-refractivity contribution >= 4 is 11.8 Å². The van der Waals surface area contributed by atoms with Crippen LogP contribution in [0.4, 0.5) is 0 Å². The monoisotopic (exact) mass is 329 g/mol. The van der Waals surface area contributed by atoms with Gasteiger partial charge in [-0.2, -0.15) is 0 Å². The second-order valence-corrected chi connectivity index (χ2v) is 7.01. The fraction of sp³-hybridized carbons (Fsp3) is 0.579. The van der Waals surface area contributed by atoms with E-state index in [2.05, 4.69) is 23.3 Å². The summed E-state index contributed by atoms with van der Waals surface area (Å²) in [4.78, 5) is 28.4. The van der Waals surface area contributed by atoms with Crippen LogP contribution in [-0.2, 0) is 22.7 Å². The standard InChI is InChI=1S/C19H27N3O2/c1-21-10-4-8-17(13-21)19(24)20-12-15-6-2-3-7-16(15)14-22-11-5-9-18(22)23/h2-3,6-7,17H,4-5,8-14H2,1H3,(H,20,24)/t17-/m1/s1. The van der Waals surface area contributed by atoms with Crippen LogP contribution in [0.25, 0.3) is 0 Å². The number of benzene rings is 1. The summed E-state index contributed by atoms with van der Waals surface area (Å²) >= 11 is 0. The van der Waals surface area contributed by atoms with Crippen LogP contribution in [-0.4, -0.2) is 48.3 Å². The summed E-state index contributed by atoms with van der Waals surface area (Å²) in [5.74, 6) is 0.476. The number of nitrogens with zero attached hydrogens (tertiary/aromatic N) is 2. The fourth-order valence-corrected chi connectivity index (χ4v) is 3.67. The lowest BCUT2D eigenvalue weighted by Crippen LogP contribution is -2.41. The van der Waals surface area contributed by atoms with Gasteiger partial charge in [0.15, 0.2) is 0 Å². The Bertz CT molecular complexity index is 602. The van der Waals surface area contributed by atoms with E-state index in [9.17, 15) is 9.59 Å². The largest absolute Gasteiger partial charge is 0.352 e. The minimum absolute atomic E-state index is 0.0936. The number of piperidine rings is 1. The average Bonchev–Trinajstić information content (AvgIpc) is 2.99. The molecule has 0 radical (unpaired) electrons. The van der Waals surface area contributed by atoms with Gasteiger partial charge in [-0.15, -0.1) is 0 Å². The lowest BCUT2D eigenvalue weighted by atomic mass is 9.97. The predicted octanol–water partition coefficient (Wildman–Crippen LogP) is 1.77. The van der Waals surface area contributed by atoms with Gasteiger partial charge in [0.1, 0.15) is 0 Å². The molecule has 5 heteroatoms. The van der Waals surface area contributed by atoms with E-state index in [1.807, 2.05) is 23.1 Å². The van der Waals surface area contributed by atoms with Gasteiger partial charge in [0, 0.05) is 32.6 Å². The molecule has 2 fully saturated rings. The summed E-state index contributed by atoms with van der Waals surface area (Å²) in [6, 6.07) is 8.09. The number of hydrogen-bond acceptors (Lipinski definition) is 3. The molecule has 2 aliphatic heterocycles. The zero-order valence-electron chi connectivity index (χ0n) is 14.5. The molecule has 0 saturated carbocycles. The molecule has 2 amide bonds. The molecule has 0 aromatic heterocycles. The Morgan fingerprint density at radius 1 is 1.21 bits per heavy atom. The average molecular weight is 329 g/mol. The second kappa shape index (κ2) is 7.79. The summed E-state index contributed by atoms with van der Waals surface area (Å²) in [5.41, 5.74) is 2.24. The summed E-state index contributed by atoms with van der Waals surface area (Å²) in [6.45, 7) is 3.95. The molecule has 1 N–H and O–H groups in total. The quantitative estimate of drug-likeness (QED) is 0.896. The third kappa shape index (κ3) is 4.15. The zero-order chi connectivity index (χ0) is 16.9. The van der Waals surface area contributed by atoms with Gasteiger partial charge in [-0.25, -0.2) is 0 Å². The maximum Gasteiger partial charge on any atom is 0.224 e. The highest BCUT2D eigenvalue weighted by Crippen LogP contribution is 2.18. The van der Waals surface area contributed by atoms with Gasteiger partial charge >= 0.3 is 0 Å². The van der Waals surface area contributed by atoms with Crippen molar-refractivity contribution in [3.63, 3.8) is 0 Å². The van der Waals surface area contributed by atoms with Crippen molar-refractivity contribution in [1.29, 1.82) is 0 Å². The van der Waals surface area contributed by atoms with Crippen molar-refractivity contribution in [3.05, 3.63) is 35.4 Å². The van der Waals surface area contributed by atoms with Gasteiger partial charge in [-0.1, -0.05) is 24.3 Å². The Hall–Kier alpha value is -1.88. The van der Waals surface area contributed by atoms with Crippen molar-refractivity contribution in [2.45, 2.75) is 38.8 Å². The number of carbonyl (C=O) groups excluding carboxylic acids is 2. The first-order valence-electron chi connectivity index (χ1n) is 8.94. The molecular weight excluding hydrogens is 302 g/mol. The molecule has 130 valence electrons. The van der Waals surface area contributed by atoms with Crippen LogP contribution >= 0.6 is 0 Å². The Kier molecular flexibility index (Phi) is 5.51. The highest BCUT2D eigenvalue weighted by atomic mass is 16.2. The third-order valence-corrected chi connectivity index (χ3v) is 5.10. The molecule has 3 rings (SSSR count). The van der Waals surface area contributed by atoms with Gasteiger partial charge in [0.2, 0.25) is 11.8 Å². The molecule has 0 aliphatic carbocycles. The summed E-state index contributed by atoms with van der Waals surface area (Å²) in [7, 11) is 2.07. The molecule has 1 atom stereocenters. The minimum Gasteiger partial charge on any atom is -0.352 e. The van der Waals surface area contributed by atoms with Crippen molar-refractivity contribution in [2.24, 2.45) is 5.92 Å². The lowest BCUT2D eigenvalue weighted by Gasteiger charge is -2.28. The smallest absolute Gasteiger partial charge is 0.224 e. The number of carbonyl (C=O) groups is 2. The topological polar surface area (TPSA) is 52.7 Å². The number of rotatable bonds is 5. The van der Waals surface area contributed by atoms with Gasteiger partial charge in [0.25, 0.3) is 0 Å². The van der Waals surface area contributed by atoms with Crippen molar-refractivity contribution in [3.8, 4) is 0 Å². The van der Waals surface area contributed by atoms with E-state index in [0.717, 1.165) is 50.0 Å². The highest BCUT2D eigenvalue weighted by Gasteiger charge is 2.24. The Labute approximate surface area is 144 Å². The predicted molar refractivity (Wildman–Crippen MR) is 93.2 cm³/mol. The van der Waals surface area contributed by atoms with Gasteiger partial charge in [-0.3, -0.25) is 9.59 Å². The van der Waals surface area contributed by atoms with Crippen LogP contribution in [0.3, 0.4) is 0 Å². The molecule has 0 spiro atoms. The van der Waals surface area contributed by atoms with E-state index < -0.39 is 0 Å². The molecular formula is C19H27N3O2. The highest BCUT2D eigenvalue weighted by molar-refractivity contribution is 5.79. The van der Waals surface area contributed by atoms with Crippen LogP contribution in [0.1, 0.15) is 36.8 Å². The van der Waals surface area contributed by atoms with Gasteiger partial charge < -0.3 is 15.1 Å². The van der Waals surface area contributed by atoms with Crippen LogP contribution < -0.4 is 5.32 Å². The number of amides is 2. The molecule has 5 nitrogen and oxygen atoms in total. The van der Waals surface area contributed by atoms with E-state index in [1.165, 1.54) is 0 Å². The Balaban J connectivity index is 1.58. The lowest BCUT2D eigenvalue weighted by molar-refractivity contribution is -0.128. The molecule has 2 saturated heterocycles. The SMILES string of the molecule is CN1CCC[C@@H](C(=O)NCc2ccccc2CN2CCCC2=O)C1. The van der Waals surface area contributed by atoms with E-state index in [0.29, 0.717) is 19.5 Å². The van der Waals surface area contributed by atoms with Crippen LogP contribution in [0, 0.1) is 5.92 Å². The fourth-order valence-electron chi connectivity index (χ4n) is 3.67. The second-order valence-electron chi connectivity index (χ2n) is 7.01.